The predicted molar refractivity (Wildman–Crippen MR) is 98.3 cm³/mol. The Bertz CT molecular complexity index is 904. The smallest absolute Gasteiger partial charge is 0.0736 e. The summed E-state index contributed by atoms with van der Waals surface area (Å²) in [6, 6.07) is 23.8. The zero-order valence-electron chi connectivity index (χ0n) is 12.6. The van der Waals surface area contributed by atoms with Crippen molar-refractivity contribution in [1.82, 2.24) is 0 Å². The Balaban J connectivity index is 1.62. The van der Waals surface area contributed by atoms with E-state index in [4.69, 9.17) is 0 Å². The second kappa shape index (κ2) is 5.07. The highest BCUT2D eigenvalue weighted by Crippen LogP contribution is 2.46. The molecule has 0 saturated carbocycles. The highest BCUT2D eigenvalue weighted by molar-refractivity contribution is 7.99. The van der Waals surface area contributed by atoms with Gasteiger partial charge >= 0.3 is 0 Å². The molecule has 3 aromatic rings. The fourth-order valence-corrected chi connectivity index (χ4v) is 4.51. The Morgan fingerprint density at radius 1 is 0.783 bits per heavy atom. The number of hydrogen-bond donors (Lipinski definition) is 1. The van der Waals surface area contributed by atoms with Crippen LogP contribution >= 0.6 is 11.8 Å². The first-order chi connectivity index (χ1) is 11.4. The molecule has 0 bridgehead atoms. The molecule has 1 N–H and O–H groups in total. The number of nitrogens with zero attached hydrogens (tertiary/aromatic N) is 1. The molecule has 2 nitrogen and oxygen atoms in total. The van der Waals surface area contributed by atoms with Gasteiger partial charge in [0.2, 0.25) is 0 Å². The normalized spacial score (nSPS) is 14.7. The molecule has 0 atom stereocenters. The third-order valence-corrected chi connectivity index (χ3v) is 5.64. The van der Waals surface area contributed by atoms with Crippen LogP contribution in [0.5, 0.6) is 0 Å². The van der Waals surface area contributed by atoms with Crippen LogP contribution in [-0.2, 0) is 6.42 Å². The van der Waals surface area contributed by atoms with Crippen molar-refractivity contribution in [3.05, 3.63) is 77.9 Å². The van der Waals surface area contributed by atoms with E-state index in [0.717, 1.165) is 12.3 Å². The first kappa shape index (κ1) is 13.1. The van der Waals surface area contributed by atoms with Crippen molar-refractivity contribution in [2.24, 2.45) is 0 Å². The Labute approximate surface area is 140 Å². The topological polar surface area (TPSA) is 15.3 Å². The minimum Gasteiger partial charge on any atom is -0.355 e. The van der Waals surface area contributed by atoms with Crippen LogP contribution in [0.2, 0.25) is 0 Å². The van der Waals surface area contributed by atoms with Crippen LogP contribution in [-0.4, -0.2) is 5.88 Å². The zero-order valence-corrected chi connectivity index (χ0v) is 13.4. The van der Waals surface area contributed by atoms with E-state index in [0.29, 0.717) is 0 Å². The number of nitrogens with one attached hydrogen (secondary N) is 1. The molecular formula is C20H16N2S. The molecule has 0 aromatic heterocycles. The largest absolute Gasteiger partial charge is 0.355 e. The molecule has 3 heteroatoms. The lowest BCUT2D eigenvalue weighted by Crippen LogP contribution is -2.16. The predicted octanol–water partition coefficient (Wildman–Crippen LogP) is 5.54. The van der Waals surface area contributed by atoms with Gasteiger partial charge in [-0.25, -0.2) is 0 Å². The maximum absolute atomic E-state index is 3.59. The first-order valence-corrected chi connectivity index (χ1v) is 8.85. The fraction of sp³-hybridized carbons (Fsp3) is 0.100. The summed E-state index contributed by atoms with van der Waals surface area (Å²) >= 11 is 1.91. The van der Waals surface area contributed by atoms with Crippen molar-refractivity contribution in [2.45, 2.75) is 11.3 Å². The quantitative estimate of drug-likeness (QED) is 0.496. The lowest BCUT2D eigenvalue weighted by molar-refractivity contribution is 1.10. The van der Waals surface area contributed by atoms with Gasteiger partial charge in [0.1, 0.15) is 0 Å². The van der Waals surface area contributed by atoms with E-state index in [-0.39, 0.29) is 0 Å². The van der Waals surface area contributed by atoms with Gasteiger partial charge in [-0.15, -0.1) is 11.8 Å². The molecule has 5 rings (SSSR count). The Kier molecular flexibility index (Phi) is 2.88. The molecule has 0 unspecified atom stereocenters. The molecule has 0 saturated heterocycles. The Hall–Kier alpha value is -2.39. The summed E-state index contributed by atoms with van der Waals surface area (Å²) in [4.78, 5) is 3.81. The molecule has 0 amide bonds. The standard InChI is InChI=1S/C20H16N2S/c1-2-7-16-14(6-1)12-15-17(21-16)8-5-10-18(15)22-13-23-20-11-4-3-9-19(20)22/h1-11,21H,12-13H2. The lowest BCUT2D eigenvalue weighted by atomic mass is 9.95. The van der Waals surface area contributed by atoms with Gasteiger partial charge in [-0.05, 0) is 35.9 Å². The minimum atomic E-state index is 0.984. The molecule has 0 spiro atoms. The van der Waals surface area contributed by atoms with E-state index in [2.05, 4.69) is 76.9 Å². The number of anilines is 4. The molecule has 3 aromatic carbocycles. The van der Waals surface area contributed by atoms with Gasteiger partial charge < -0.3 is 10.2 Å². The van der Waals surface area contributed by atoms with Crippen LogP contribution in [0.4, 0.5) is 22.7 Å². The molecule has 2 aliphatic rings. The van der Waals surface area contributed by atoms with Gasteiger partial charge in [-0.3, -0.25) is 0 Å². The number of fused-ring (bicyclic) bond motifs is 3. The van der Waals surface area contributed by atoms with Crippen molar-refractivity contribution < 1.29 is 0 Å². The summed E-state index contributed by atoms with van der Waals surface area (Å²) in [6.07, 6.45) is 0.984. The van der Waals surface area contributed by atoms with E-state index >= 15 is 0 Å². The monoisotopic (exact) mass is 316 g/mol. The summed E-state index contributed by atoms with van der Waals surface area (Å²) in [6.45, 7) is 0. The maximum Gasteiger partial charge on any atom is 0.0736 e. The van der Waals surface area contributed by atoms with Crippen molar-refractivity contribution in [3.63, 3.8) is 0 Å². The number of hydrogen-bond acceptors (Lipinski definition) is 3. The van der Waals surface area contributed by atoms with Crippen LogP contribution in [0, 0.1) is 0 Å². The van der Waals surface area contributed by atoms with E-state index in [1.54, 1.807) is 0 Å². The van der Waals surface area contributed by atoms with Gasteiger partial charge in [-0.1, -0.05) is 36.4 Å². The Morgan fingerprint density at radius 3 is 2.57 bits per heavy atom. The van der Waals surface area contributed by atoms with Crippen LogP contribution < -0.4 is 10.2 Å². The molecule has 0 radical (unpaired) electrons. The molecular weight excluding hydrogens is 300 g/mol. The summed E-state index contributed by atoms with van der Waals surface area (Å²) < 4.78 is 0. The van der Waals surface area contributed by atoms with Gasteiger partial charge in [0.25, 0.3) is 0 Å². The summed E-state index contributed by atoms with van der Waals surface area (Å²) in [5.41, 5.74) is 7.87. The fourth-order valence-electron chi connectivity index (χ4n) is 3.47. The lowest BCUT2D eigenvalue weighted by Gasteiger charge is -2.28. The minimum absolute atomic E-state index is 0.984. The van der Waals surface area contributed by atoms with Crippen molar-refractivity contribution in [2.75, 3.05) is 16.1 Å². The molecule has 0 fully saturated rings. The molecule has 23 heavy (non-hydrogen) atoms. The summed E-state index contributed by atoms with van der Waals surface area (Å²) in [5.74, 6) is 0.984. The number of benzene rings is 3. The van der Waals surface area contributed by atoms with Gasteiger partial charge in [-0.2, -0.15) is 0 Å². The van der Waals surface area contributed by atoms with Gasteiger partial charge in [0.15, 0.2) is 0 Å². The maximum atomic E-state index is 3.59. The highest BCUT2D eigenvalue weighted by atomic mass is 32.2. The van der Waals surface area contributed by atoms with Crippen molar-refractivity contribution in [3.8, 4) is 0 Å². The highest BCUT2D eigenvalue weighted by Gasteiger charge is 2.25. The molecule has 0 aliphatic carbocycles. The van der Waals surface area contributed by atoms with Gasteiger partial charge in [0.05, 0.1) is 11.6 Å². The Morgan fingerprint density at radius 2 is 1.57 bits per heavy atom. The van der Waals surface area contributed by atoms with Crippen molar-refractivity contribution >= 4 is 34.5 Å². The third-order valence-electron chi connectivity index (χ3n) is 4.60. The van der Waals surface area contributed by atoms with Crippen LogP contribution in [0.15, 0.2) is 71.6 Å². The van der Waals surface area contributed by atoms with Crippen LogP contribution in [0.25, 0.3) is 0 Å². The second-order valence-electron chi connectivity index (χ2n) is 5.93. The molecule has 112 valence electrons. The van der Waals surface area contributed by atoms with E-state index in [1.165, 1.54) is 38.8 Å². The third kappa shape index (κ3) is 2.04. The van der Waals surface area contributed by atoms with E-state index in [1.807, 2.05) is 11.8 Å². The first-order valence-electron chi connectivity index (χ1n) is 7.86. The summed E-state index contributed by atoms with van der Waals surface area (Å²) in [5, 5.41) is 3.59. The average molecular weight is 316 g/mol. The molecule has 2 aliphatic heterocycles. The zero-order chi connectivity index (χ0) is 15.2. The number of para-hydroxylation sites is 2. The van der Waals surface area contributed by atoms with Crippen LogP contribution in [0.3, 0.4) is 0 Å². The average Bonchev–Trinajstić information content (AvgIpc) is 3.03. The number of rotatable bonds is 1. The number of thioether (sulfide) groups is 1. The SMILES string of the molecule is c1ccc2c(c1)Cc1c(cccc1N1CSc3ccccc31)N2. The second-order valence-corrected chi connectivity index (χ2v) is 6.92. The summed E-state index contributed by atoms with van der Waals surface area (Å²) in [7, 11) is 0. The van der Waals surface area contributed by atoms with E-state index < -0.39 is 0 Å². The van der Waals surface area contributed by atoms with E-state index in [9.17, 15) is 0 Å². The molecule has 2 heterocycles. The van der Waals surface area contributed by atoms with Gasteiger partial charge in [0, 0.05) is 33.9 Å². The van der Waals surface area contributed by atoms with Crippen LogP contribution in [0.1, 0.15) is 11.1 Å². The van der Waals surface area contributed by atoms with Crippen molar-refractivity contribution in [1.29, 1.82) is 0 Å².